The van der Waals surface area contributed by atoms with Crippen molar-refractivity contribution in [2.75, 3.05) is 12.3 Å². The van der Waals surface area contributed by atoms with E-state index in [1.54, 1.807) is 0 Å². The molecule has 1 aromatic rings. The Hall–Kier alpha value is -1.41. The number of aliphatic hydroxyl groups excluding tert-OH is 3. The van der Waals surface area contributed by atoms with E-state index in [9.17, 15) is 15.0 Å². The number of nitrogens with two attached hydrogens (primary N) is 1. The summed E-state index contributed by atoms with van der Waals surface area (Å²) in [6.45, 7) is -0.429. The second-order valence-corrected chi connectivity index (χ2v) is 3.96. The molecule has 2 rings (SSSR count). The van der Waals surface area contributed by atoms with Gasteiger partial charge in [0.1, 0.15) is 30.2 Å². The fourth-order valence-corrected chi connectivity index (χ4v) is 1.88. The smallest absolute Gasteiger partial charge is 0.255 e. The van der Waals surface area contributed by atoms with Gasteiger partial charge in [0.2, 0.25) is 0 Å². The van der Waals surface area contributed by atoms with E-state index < -0.39 is 36.6 Å². The highest BCUT2D eigenvalue weighted by Gasteiger charge is 2.43. The van der Waals surface area contributed by atoms with E-state index in [1.165, 1.54) is 12.1 Å². The molecule has 94 valence electrons. The van der Waals surface area contributed by atoms with E-state index in [-0.39, 0.29) is 11.4 Å². The van der Waals surface area contributed by atoms with Crippen molar-refractivity contribution in [3.8, 4) is 0 Å². The number of ether oxygens (including phenoxy) is 1. The summed E-state index contributed by atoms with van der Waals surface area (Å²) in [6, 6.07) is 2.89. The molecule has 2 heterocycles. The Morgan fingerprint density at radius 1 is 1.35 bits per heavy atom. The molecule has 17 heavy (non-hydrogen) atoms. The minimum Gasteiger partial charge on any atom is -0.394 e. The van der Waals surface area contributed by atoms with Gasteiger partial charge >= 0.3 is 0 Å². The lowest BCUT2D eigenvalue weighted by atomic mass is 10.0. The molecule has 0 spiro atoms. The van der Waals surface area contributed by atoms with Gasteiger partial charge in [-0.3, -0.25) is 4.79 Å². The summed E-state index contributed by atoms with van der Waals surface area (Å²) < 4.78 is 5.23. The first kappa shape index (κ1) is 12.1. The van der Waals surface area contributed by atoms with Crippen molar-refractivity contribution in [1.82, 2.24) is 4.98 Å². The van der Waals surface area contributed by atoms with Gasteiger partial charge in [-0.05, 0) is 12.1 Å². The van der Waals surface area contributed by atoms with Gasteiger partial charge in [-0.1, -0.05) is 0 Å². The maximum absolute atomic E-state index is 11.6. The van der Waals surface area contributed by atoms with Crippen molar-refractivity contribution < 1.29 is 20.1 Å². The summed E-state index contributed by atoms with van der Waals surface area (Å²) in [5.41, 5.74) is 5.08. The number of hydrogen-bond acceptors (Lipinski definition) is 6. The van der Waals surface area contributed by atoms with E-state index in [4.69, 9.17) is 15.6 Å². The van der Waals surface area contributed by atoms with Crippen LogP contribution in [0, 0.1) is 0 Å². The van der Waals surface area contributed by atoms with Crippen LogP contribution in [-0.4, -0.2) is 45.2 Å². The standard InChI is InChI=1S/C10H14N2O5/c11-6-2-1-4(10(16)12-6)9-8(15)7(14)5(3-13)17-9/h1-2,5,7-9,13-15H,3H2,(H3,11,12,16)/t5-,7+,8+,9+/m1/s1. The molecule has 4 atom stereocenters. The SMILES string of the molecule is Nc1ccc([C@@H]2O[C@H](CO)[C@H](O)[C@@H]2O)c(=O)[nH]1. The fraction of sp³-hybridized carbons (Fsp3) is 0.500. The van der Waals surface area contributed by atoms with Gasteiger partial charge in [0.15, 0.2) is 0 Å². The lowest BCUT2D eigenvalue weighted by Gasteiger charge is -2.13. The van der Waals surface area contributed by atoms with Gasteiger partial charge in [-0.15, -0.1) is 0 Å². The summed E-state index contributed by atoms with van der Waals surface area (Å²) in [7, 11) is 0. The maximum Gasteiger partial charge on any atom is 0.255 e. The number of hydrogen-bond donors (Lipinski definition) is 5. The van der Waals surface area contributed by atoms with E-state index in [1.807, 2.05) is 0 Å². The minimum absolute atomic E-state index is 0.168. The average Bonchev–Trinajstić information content (AvgIpc) is 2.57. The first-order chi connectivity index (χ1) is 8.04. The Labute approximate surface area is 96.5 Å². The van der Waals surface area contributed by atoms with Crippen LogP contribution in [0.15, 0.2) is 16.9 Å². The molecule has 1 aliphatic rings. The number of anilines is 1. The minimum atomic E-state index is -1.25. The number of aromatic amines is 1. The number of H-pyrrole nitrogens is 1. The molecule has 0 aromatic carbocycles. The highest BCUT2D eigenvalue weighted by molar-refractivity contribution is 5.31. The Morgan fingerprint density at radius 3 is 2.59 bits per heavy atom. The third kappa shape index (κ3) is 2.05. The van der Waals surface area contributed by atoms with Crippen molar-refractivity contribution in [3.63, 3.8) is 0 Å². The largest absolute Gasteiger partial charge is 0.394 e. The van der Waals surface area contributed by atoms with Crippen LogP contribution in [0.3, 0.4) is 0 Å². The van der Waals surface area contributed by atoms with Crippen molar-refractivity contribution in [2.24, 2.45) is 0 Å². The van der Waals surface area contributed by atoms with Crippen LogP contribution in [0.25, 0.3) is 0 Å². The molecule has 0 aliphatic carbocycles. The Morgan fingerprint density at radius 2 is 2.06 bits per heavy atom. The van der Waals surface area contributed by atoms with Gasteiger partial charge in [0.25, 0.3) is 5.56 Å². The third-order valence-electron chi connectivity index (χ3n) is 2.81. The van der Waals surface area contributed by atoms with Gasteiger partial charge in [-0.2, -0.15) is 0 Å². The molecule has 1 fully saturated rings. The topological polar surface area (TPSA) is 129 Å². The number of pyridine rings is 1. The predicted octanol–water partition coefficient (Wildman–Crippen LogP) is -1.89. The normalized spacial score (nSPS) is 32.9. The molecule has 1 saturated heterocycles. The molecule has 0 unspecified atom stereocenters. The Bertz CT molecular complexity index is 460. The lowest BCUT2D eigenvalue weighted by Crippen LogP contribution is -2.33. The monoisotopic (exact) mass is 242 g/mol. The summed E-state index contributed by atoms with van der Waals surface area (Å²) in [5.74, 6) is 0.200. The van der Waals surface area contributed by atoms with Crippen LogP contribution >= 0.6 is 0 Å². The van der Waals surface area contributed by atoms with Gasteiger partial charge in [0, 0.05) is 5.56 Å². The maximum atomic E-state index is 11.6. The second kappa shape index (κ2) is 4.46. The molecule has 6 N–H and O–H groups in total. The fourth-order valence-electron chi connectivity index (χ4n) is 1.88. The van der Waals surface area contributed by atoms with Gasteiger partial charge < -0.3 is 30.8 Å². The van der Waals surface area contributed by atoms with Crippen molar-refractivity contribution in [2.45, 2.75) is 24.4 Å². The van der Waals surface area contributed by atoms with Crippen molar-refractivity contribution in [3.05, 3.63) is 28.0 Å². The van der Waals surface area contributed by atoms with Crippen LogP contribution in [0.2, 0.25) is 0 Å². The van der Waals surface area contributed by atoms with Gasteiger partial charge in [0.05, 0.1) is 6.61 Å². The summed E-state index contributed by atoms with van der Waals surface area (Å²) in [6.07, 6.45) is -4.34. The predicted molar refractivity (Wildman–Crippen MR) is 58.2 cm³/mol. The van der Waals surface area contributed by atoms with Crippen LogP contribution < -0.4 is 11.3 Å². The molecule has 0 bridgehead atoms. The highest BCUT2D eigenvalue weighted by Crippen LogP contribution is 2.31. The van der Waals surface area contributed by atoms with E-state index in [2.05, 4.69) is 4.98 Å². The molecule has 1 aromatic heterocycles. The first-order valence-corrected chi connectivity index (χ1v) is 5.15. The number of nitrogen functional groups attached to an aromatic ring is 1. The average molecular weight is 242 g/mol. The first-order valence-electron chi connectivity index (χ1n) is 5.15. The van der Waals surface area contributed by atoms with Crippen molar-refractivity contribution in [1.29, 1.82) is 0 Å². The zero-order valence-corrected chi connectivity index (χ0v) is 8.91. The van der Waals surface area contributed by atoms with Crippen LogP contribution in [0.1, 0.15) is 11.7 Å². The van der Waals surface area contributed by atoms with Crippen molar-refractivity contribution >= 4 is 5.82 Å². The lowest BCUT2D eigenvalue weighted by molar-refractivity contribution is -0.0231. The molecule has 0 amide bonds. The van der Waals surface area contributed by atoms with E-state index >= 15 is 0 Å². The molecular formula is C10H14N2O5. The van der Waals surface area contributed by atoms with Crippen LogP contribution in [0.5, 0.6) is 0 Å². The quantitative estimate of drug-likeness (QED) is 0.412. The van der Waals surface area contributed by atoms with Crippen LogP contribution in [0.4, 0.5) is 5.82 Å². The molecule has 7 heteroatoms. The van der Waals surface area contributed by atoms with E-state index in [0.29, 0.717) is 0 Å². The summed E-state index contributed by atoms with van der Waals surface area (Å²) in [4.78, 5) is 14.0. The molecule has 0 radical (unpaired) electrons. The Kier molecular flexibility index (Phi) is 3.16. The number of aromatic nitrogens is 1. The number of aliphatic hydroxyl groups is 3. The van der Waals surface area contributed by atoms with E-state index in [0.717, 1.165) is 0 Å². The number of rotatable bonds is 2. The highest BCUT2D eigenvalue weighted by atomic mass is 16.6. The molecule has 0 saturated carbocycles. The molecule has 7 nitrogen and oxygen atoms in total. The number of nitrogens with one attached hydrogen (secondary N) is 1. The molecule has 1 aliphatic heterocycles. The van der Waals surface area contributed by atoms with Gasteiger partial charge in [-0.25, -0.2) is 0 Å². The Balaban J connectivity index is 2.32. The zero-order valence-electron chi connectivity index (χ0n) is 8.91. The third-order valence-corrected chi connectivity index (χ3v) is 2.81. The van der Waals surface area contributed by atoms with Crippen LogP contribution in [-0.2, 0) is 4.74 Å². The molecular weight excluding hydrogens is 228 g/mol. The summed E-state index contributed by atoms with van der Waals surface area (Å²) in [5, 5.41) is 28.2. The summed E-state index contributed by atoms with van der Waals surface area (Å²) >= 11 is 0. The zero-order chi connectivity index (χ0) is 12.6. The second-order valence-electron chi connectivity index (χ2n) is 3.96.